The highest BCUT2D eigenvalue weighted by Crippen LogP contribution is 2.22. The van der Waals surface area contributed by atoms with Gasteiger partial charge in [0.25, 0.3) is 0 Å². The Hall–Kier alpha value is -1.26. The van der Waals surface area contributed by atoms with E-state index in [1.165, 1.54) is 6.42 Å². The summed E-state index contributed by atoms with van der Waals surface area (Å²) in [7, 11) is 0. The quantitative estimate of drug-likeness (QED) is 0.767. The van der Waals surface area contributed by atoms with Gasteiger partial charge in [-0.25, -0.2) is 0 Å². The van der Waals surface area contributed by atoms with Gasteiger partial charge in [-0.05, 0) is 37.6 Å². The van der Waals surface area contributed by atoms with Crippen molar-refractivity contribution in [3.8, 4) is 0 Å². The molecule has 1 aliphatic heterocycles. The van der Waals surface area contributed by atoms with E-state index in [1.54, 1.807) is 12.1 Å². The van der Waals surface area contributed by atoms with E-state index in [1.807, 2.05) is 6.07 Å². The number of nitrogens with one attached hydrogen (secondary N) is 2. The van der Waals surface area contributed by atoms with Crippen molar-refractivity contribution in [3.05, 3.63) is 28.8 Å². The van der Waals surface area contributed by atoms with Crippen LogP contribution in [0.2, 0.25) is 5.02 Å². The molecule has 1 aromatic carbocycles. The third kappa shape index (κ3) is 3.11. The van der Waals surface area contributed by atoms with Gasteiger partial charge in [0.2, 0.25) is 5.91 Å². The number of rotatable bonds is 3. The van der Waals surface area contributed by atoms with Crippen LogP contribution in [0.5, 0.6) is 0 Å². The van der Waals surface area contributed by atoms with Gasteiger partial charge in [0, 0.05) is 18.3 Å². The van der Waals surface area contributed by atoms with E-state index in [9.17, 15) is 4.79 Å². The number of nitrogens with two attached hydrogens (primary N) is 1. The Bertz CT molecular complexity index is 416. The average Bonchev–Trinajstić information content (AvgIpc) is 2.30. The third-order valence-corrected chi connectivity index (χ3v) is 3.21. The molecule has 1 amide bonds. The second kappa shape index (κ2) is 5.38. The summed E-state index contributed by atoms with van der Waals surface area (Å²) < 4.78 is 0. The molecule has 1 atom stereocenters. The summed E-state index contributed by atoms with van der Waals surface area (Å²) in [6.07, 6.45) is 2.31. The van der Waals surface area contributed by atoms with E-state index in [0.717, 1.165) is 25.2 Å². The molecule has 2 rings (SSSR count). The van der Waals surface area contributed by atoms with Gasteiger partial charge in [-0.1, -0.05) is 11.6 Å². The lowest BCUT2D eigenvalue weighted by Gasteiger charge is -2.25. The number of benzene rings is 1. The van der Waals surface area contributed by atoms with Crippen LogP contribution in [0.25, 0.3) is 0 Å². The first-order chi connectivity index (χ1) is 8.16. The number of hydrogen-bond donors (Lipinski definition) is 3. The molecule has 1 saturated heterocycles. The molecule has 1 aliphatic rings. The molecule has 1 fully saturated rings. The average molecular weight is 254 g/mol. The molecule has 4 nitrogen and oxygen atoms in total. The fourth-order valence-corrected chi connectivity index (χ4v) is 2.29. The fourth-order valence-electron chi connectivity index (χ4n) is 2.02. The van der Waals surface area contributed by atoms with Gasteiger partial charge in [0.05, 0.1) is 10.6 Å². The summed E-state index contributed by atoms with van der Waals surface area (Å²) in [5.74, 6) is -0.499. The van der Waals surface area contributed by atoms with Gasteiger partial charge >= 0.3 is 0 Å². The van der Waals surface area contributed by atoms with Crippen molar-refractivity contribution in [3.63, 3.8) is 0 Å². The van der Waals surface area contributed by atoms with Crippen LogP contribution in [0.4, 0.5) is 5.69 Å². The second-order valence-corrected chi connectivity index (χ2v) is 4.65. The molecule has 0 saturated carbocycles. The van der Waals surface area contributed by atoms with Crippen molar-refractivity contribution in [2.24, 2.45) is 5.73 Å². The summed E-state index contributed by atoms with van der Waals surface area (Å²) in [6, 6.07) is 5.65. The summed E-state index contributed by atoms with van der Waals surface area (Å²) in [5.41, 5.74) is 6.48. The van der Waals surface area contributed by atoms with Crippen molar-refractivity contribution in [2.75, 3.05) is 18.4 Å². The van der Waals surface area contributed by atoms with Crippen LogP contribution in [0, 0.1) is 0 Å². The zero-order valence-corrected chi connectivity index (χ0v) is 10.3. The van der Waals surface area contributed by atoms with Crippen LogP contribution in [-0.2, 0) is 0 Å². The Labute approximate surface area is 106 Å². The maximum atomic E-state index is 11.0. The van der Waals surface area contributed by atoms with Crippen LogP contribution in [0.3, 0.4) is 0 Å². The zero-order valence-electron chi connectivity index (χ0n) is 9.50. The van der Waals surface area contributed by atoms with Gasteiger partial charge < -0.3 is 16.4 Å². The minimum Gasteiger partial charge on any atom is -0.381 e. The van der Waals surface area contributed by atoms with E-state index in [0.29, 0.717) is 16.6 Å². The summed E-state index contributed by atoms with van der Waals surface area (Å²) in [4.78, 5) is 11.0. The van der Waals surface area contributed by atoms with Crippen molar-refractivity contribution in [1.29, 1.82) is 0 Å². The fraction of sp³-hybridized carbons (Fsp3) is 0.417. The smallest absolute Gasteiger partial charge is 0.250 e. The van der Waals surface area contributed by atoms with Crippen LogP contribution in [-0.4, -0.2) is 25.0 Å². The van der Waals surface area contributed by atoms with Gasteiger partial charge in [-0.3, -0.25) is 4.79 Å². The van der Waals surface area contributed by atoms with Gasteiger partial charge in [-0.2, -0.15) is 0 Å². The SMILES string of the molecule is NC(=O)c1ccc(NC2CCCNC2)cc1Cl. The normalized spacial score (nSPS) is 19.9. The number of hydrogen-bond acceptors (Lipinski definition) is 3. The topological polar surface area (TPSA) is 67.2 Å². The number of carbonyl (C=O) groups excluding carboxylic acids is 1. The molecule has 4 N–H and O–H groups in total. The molecule has 92 valence electrons. The molecule has 1 aromatic rings. The van der Waals surface area contributed by atoms with Crippen LogP contribution < -0.4 is 16.4 Å². The molecular weight excluding hydrogens is 238 g/mol. The van der Waals surface area contributed by atoms with Crippen LogP contribution in [0.1, 0.15) is 23.2 Å². The first kappa shape index (κ1) is 12.2. The number of amides is 1. The summed E-state index contributed by atoms with van der Waals surface area (Å²) in [6.45, 7) is 2.04. The van der Waals surface area contributed by atoms with Gasteiger partial charge in [0.15, 0.2) is 0 Å². The minimum atomic E-state index is -0.499. The number of piperidine rings is 1. The summed E-state index contributed by atoms with van der Waals surface area (Å²) in [5, 5.41) is 7.11. The molecule has 0 spiro atoms. The van der Waals surface area contributed by atoms with E-state index < -0.39 is 5.91 Å². The number of halogens is 1. The number of carbonyl (C=O) groups is 1. The highest BCUT2D eigenvalue weighted by atomic mass is 35.5. The minimum absolute atomic E-state index is 0.360. The molecular formula is C12H16ClN3O. The molecule has 0 aromatic heterocycles. The van der Waals surface area contributed by atoms with Crippen molar-refractivity contribution >= 4 is 23.2 Å². The predicted molar refractivity (Wildman–Crippen MR) is 69.5 cm³/mol. The lowest BCUT2D eigenvalue weighted by molar-refractivity contribution is 0.100. The first-order valence-electron chi connectivity index (χ1n) is 5.73. The largest absolute Gasteiger partial charge is 0.381 e. The standard InChI is InChI=1S/C12H16ClN3O/c13-11-6-8(3-4-10(11)12(14)17)16-9-2-1-5-15-7-9/h3-4,6,9,15-16H,1-2,5,7H2,(H2,14,17). The zero-order chi connectivity index (χ0) is 12.3. The monoisotopic (exact) mass is 253 g/mol. The van der Waals surface area contributed by atoms with E-state index in [-0.39, 0.29) is 0 Å². The van der Waals surface area contributed by atoms with Gasteiger partial charge in [-0.15, -0.1) is 0 Å². The van der Waals surface area contributed by atoms with Crippen LogP contribution >= 0.6 is 11.6 Å². The molecule has 0 radical (unpaired) electrons. The Morgan fingerprint density at radius 2 is 2.35 bits per heavy atom. The molecule has 17 heavy (non-hydrogen) atoms. The number of primary amides is 1. The predicted octanol–water partition coefficient (Wildman–Crippen LogP) is 1.60. The first-order valence-corrected chi connectivity index (χ1v) is 6.11. The maximum Gasteiger partial charge on any atom is 0.250 e. The second-order valence-electron chi connectivity index (χ2n) is 4.25. The molecule has 1 unspecified atom stereocenters. The molecule has 1 heterocycles. The molecule has 0 bridgehead atoms. The van der Waals surface area contributed by atoms with Crippen molar-refractivity contribution in [1.82, 2.24) is 5.32 Å². The van der Waals surface area contributed by atoms with E-state index in [4.69, 9.17) is 17.3 Å². The lowest BCUT2D eigenvalue weighted by Crippen LogP contribution is -2.38. The molecule has 5 heteroatoms. The Balaban J connectivity index is 2.06. The maximum absolute atomic E-state index is 11.0. The van der Waals surface area contributed by atoms with E-state index in [2.05, 4.69) is 10.6 Å². The van der Waals surface area contributed by atoms with Crippen LogP contribution in [0.15, 0.2) is 18.2 Å². The molecule has 0 aliphatic carbocycles. The Kier molecular flexibility index (Phi) is 3.86. The van der Waals surface area contributed by atoms with Crippen molar-refractivity contribution in [2.45, 2.75) is 18.9 Å². The Morgan fingerprint density at radius 3 is 2.94 bits per heavy atom. The third-order valence-electron chi connectivity index (χ3n) is 2.90. The highest BCUT2D eigenvalue weighted by molar-refractivity contribution is 6.34. The highest BCUT2D eigenvalue weighted by Gasteiger charge is 2.13. The lowest BCUT2D eigenvalue weighted by atomic mass is 10.1. The summed E-state index contributed by atoms with van der Waals surface area (Å²) >= 11 is 5.99. The van der Waals surface area contributed by atoms with E-state index >= 15 is 0 Å². The van der Waals surface area contributed by atoms with Gasteiger partial charge in [0.1, 0.15) is 0 Å². The number of anilines is 1. The Morgan fingerprint density at radius 1 is 1.53 bits per heavy atom. The van der Waals surface area contributed by atoms with Crippen molar-refractivity contribution < 1.29 is 4.79 Å².